The van der Waals surface area contributed by atoms with Gasteiger partial charge in [-0.2, -0.15) is 0 Å². The molecule has 3 rings (SSSR count). The Kier molecular flexibility index (Phi) is 6.39. The van der Waals surface area contributed by atoms with Crippen LogP contribution in [0.1, 0.15) is 44.5 Å². The van der Waals surface area contributed by atoms with Crippen molar-refractivity contribution >= 4 is 17.5 Å². The second kappa shape index (κ2) is 9.15. The van der Waals surface area contributed by atoms with E-state index in [2.05, 4.69) is 10.3 Å². The van der Waals surface area contributed by atoms with Crippen LogP contribution in [0.5, 0.6) is 0 Å². The minimum atomic E-state index is -0.306. The van der Waals surface area contributed by atoms with Gasteiger partial charge in [-0.25, -0.2) is 0 Å². The molecule has 0 saturated heterocycles. The predicted octanol–water partition coefficient (Wildman–Crippen LogP) is 4.30. The van der Waals surface area contributed by atoms with E-state index in [0.29, 0.717) is 18.7 Å². The zero-order chi connectivity index (χ0) is 20.8. The van der Waals surface area contributed by atoms with Gasteiger partial charge >= 0.3 is 0 Å². The molecule has 0 aliphatic heterocycles. The van der Waals surface area contributed by atoms with E-state index in [1.807, 2.05) is 69.3 Å². The molecular weight excluding hydrogens is 362 g/mol. The van der Waals surface area contributed by atoms with Crippen LogP contribution in [-0.4, -0.2) is 23.3 Å². The van der Waals surface area contributed by atoms with Crippen LogP contribution in [0.3, 0.4) is 0 Å². The van der Waals surface area contributed by atoms with E-state index in [0.717, 1.165) is 22.4 Å². The van der Waals surface area contributed by atoms with Crippen LogP contribution in [0, 0.1) is 13.8 Å². The summed E-state index contributed by atoms with van der Waals surface area (Å²) in [5.74, 6) is -0.465. The summed E-state index contributed by atoms with van der Waals surface area (Å²) < 4.78 is 0. The number of hydrogen-bond acceptors (Lipinski definition) is 3. The molecule has 0 atom stereocenters. The molecule has 2 aromatic carbocycles. The van der Waals surface area contributed by atoms with E-state index in [-0.39, 0.29) is 17.5 Å². The number of carbonyl (C=O) groups excluding carboxylic acids is 2. The van der Waals surface area contributed by atoms with Crippen molar-refractivity contribution in [3.05, 3.63) is 94.8 Å². The Balaban J connectivity index is 1.75. The average molecular weight is 387 g/mol. The molecular formula is C24H25N3O2. The molecule has 0 aliphatic carbocycles. The summed E-state index contributed by atoms with van der Waals surface area (Å²) in [4.78, 5) is 31.4. The zero-order valence-corrected chi connectivity index (χ0v) is 17.0. The number of hydrogen-bond donors (Lipinski definition) is 1. The molecule has 5 heteroatoms. The molecule has 3 aromatic rings. The Morgan fingerprint density at radius 2 is 1.69 bits per heavy atom. The Morgan fingerprint density at radius 1 is 0.966 bits per heavy atom. The van der Waals surface area contributed by atoms with Crippen molar-refractivity contribution in [3.8, 4) is 0 Å². The van der Waals surface area contributed by atoms with E-state index < -0.39 is 0 Å². The summed E-state index contributed by atoms with van der Waals surface area (Å²) in [5.41, 5.74) is 4.73. The van der Waals surface area contributed by atoms with Gasteiger partial charge in [0.1, 0.15) is 5.69 Å². The van der Waals surface area contributed by atoms with Gasteiger partial charge in [0.15, 0.2) is 0 Å². The number of carbonyl (C=O) groups is 2. The lowest BCUT2D eigenvalue weighted by molar-refractivity contribution is 0.0946. The number of nitrogens with one attached hydrogen (secondary N) is 1. The van der Waals surface area contributed by atoms with Crippen LogP contribution in [0.25, 0.3) is 0 Å². The Bertz CT molecular complexity index is 1030. The Hall–Kier alpha value is -3.47. The molecule has 2 amide bonds. The smallest absolute Gasteiger partial charge is 0.270 e. The van der Waals surface area contributed by atoms with Gasteiger partial charge < -0.3 is 10.2 Å². The summed E-state index contributed by atoms with van der Waals surface area (Å²) in [7, 11) is 0. The summed E-state index contributed by atoms with van der Waals surface area (Å²) in [5, 5.41) is 2.86. The lowest BCUT2D eigenvalue weighted by Gasteiger charge is -2.21. The molecule has 0 fully saturated rings. The lowest BCUT2D eigenvalue weighted by Crippen LogP contribution is -2.31. The van der Waals surface area contributed by atoms with Crippen LogP contribution >= 0.6 is 0 Å². The standard InChI is InChI=1S/C24H25N3O2/c1-4-27(21-10-6-8-18(3)14-21)24(29)20-11-12-25-22(15-20)23(28)26-16-19-9-5-7-17(2)13-19/h5-15H,4,16H2,1-3H3,(H,26,28). The van der Waals surface area contributed by atoms with Gasteiger partial charge in [0, 0.05) is 30.5 Å². The van der Waals surface area contributed by atoms with Gasteiger partial charge in [-0.05, 0) is 56.2 Å². The van der Waals surface area contributed by atoms with E-state index in [1.54, 1.807) is 17.0 Å². The average Bonchev–Trinajstić information content (AvgIpc) is 2.73. The first-order valence-corrected chi connectivity index (χ1v) is 9.66. The lowest BCUT2D eigenvalue weighted by atomic mass is 10.1. The highest BCUT2D eigenvalue weighted by molar-refractivity contribution is 6.07. The molecule has 1 N–H and O–H groups in total. The number of amides is 2. The number of benzene rings is 2. The SMILES string of the molecule is CCN(C(=O)c1ccnc(C(=O)NCc2cccc(C)c2)c1)c1cccc(C)c1. The molecule has 0 spiro atoms. The third-order valence-corrected chi connectivity index (χ3v) is 4.65. The van der Waals surface area contributed by atoms with E-state index in [9.17, 15) is 9.59 Å². The number of aryl methyl sites for hydroxylation is 2. The van der Waals surface area contributed by atoms with Gasteiger partial charge in [0.25, 0.3) is 11.8 Å². The van der Waals surface area contributed by atoms with Crippen molar-refractivity contribution < 1.29 is 9.59 Å². The molecule has 148 valence electrons. The minimum absolute atomic E-state index is 0.159. The van der Waals surface area contributed by atoms with Crippen molar-refractivity contribution in [2.45, 2.75) is 27.3 Å². The fraction of sp³-hybridized carbons (Fsp3) is 0.208. The number of aromatic nitrogens is 1. The van der Waals surface area contributed by atoms with Crippen LogP contribution in [0.4, 0.5) is 5.69 Å². The van der Waals surface area contributed by atoms with Crippen molar-refractivity contribution in [2.75, 3.05) is 11.4 Å². The summed E-state index contributed by atoms with van der Waals surface area (Å²) in [6.45, 7) is 6.86. The van der Waals surface area contributed by atoms with Crippen LogP contribution < -0.4 is 10.2 Å². The molecule has 0 unspecified atom stereocenters. The van der Waals surface area contributed by atoms with Gasteiger partial charge in [0.2, 0.25) is 0 Å². The first kappa shape index (κ1) is 20.3. The predicted molar refractivity (Wildman–Crippen MR) is 115 cm³/mol. The van der Waals surface area contributed by atoms with Crippen molar-refractivity contribution in [1.82, 2.24) is 10.3 Å². The highest BCUT2D eigenvalue weighted by atomic mass is 16.2. The molecule has 5 nitrogen and oxygen atoms in total. The normalized spacial score (nSPS) is 10.4. The number of pyridine rings is 1. The van der Waals surface area contributed by atoms with E-state index in [1.165, 1.54) is 6.20 Å². The largest absolute Gasteiger partial charge is 0.347 e. The quantitative estimate of drug-likeness (QED) is 0.686. The van der Waals surface area contributed by atoms with Crippen molar-refractivity contribution in [2.24, 2.45) is 0 Å². The maximum atomic E-state index is 13.0. The van der Waals surface area contributed by atoms with Gasteiger partial charge in [-0.3, -0.25) is 14.6 Å². The topological polar surface area (TPSA) is 62.3 Å². The molecule has 0 bridgehead atoms. The summed E-state index contributed by atoms with van der Waals surface area (Å²) in [6.07, 6.45) is 1.50. The van der Waals surface area contributed by atoms with Crippen LogP contribution in [0.15, 0.2) is 66.9 Å². The molecule has 0 radical (unpaired) electrons. The highest BCUT2D eigenvalue weighted by Gasteiger charge is 2.18. The molecule has 1 heterocycles. The van der Waals surface area contributed by atoms with Crippen molar-refractivity contribution in [1.29, 1.82) is 0 Å². The first-order valence-electron chi connectivity index (χ1n) is 9.66. The second-order valence-electron chi connectivity index (χ2n) is 6.99. The second-order valence-corrected chi connectivity index (χ2v) is 6.99. The van der Waals surface area contributed by atoms with Crippen LogP contribution in [0.2, 0.25) is 0 Å². The molecule has 1 aromatic heterocycles. The maximum absolute atomic E-state index is 13.0. The fourth-order valence-corrected chi connectivity index (χ4v) is 3.18. The van der Waals surface area contributed by atoms with Gasteiger partial charge in [0.05, 0.1) is 0 Å². The number of rotatable bonds is 6. The molecule has 0 saturated carbocycles. The number of anilines is 1. The highest BCUT2D eigenvalue weighted by Crippen LogP contribution is 2.19. The third kappa shape index (κ3) is 5.08. The number of nitrogens with zero attached hydrogens (tertiary/aromatic N) is 2. The van der Waals surface area contributed by atoms with E-state index in [4.69, 9.17) is 0 Å². The third-order valence-electron chi connectivity index (χ3n) is 4.65. The van der Waals surface area contributed by atoms with Gasteiger partial charge in [-0.15, -0.1) is 0 Å². The van der Waals surface area contributed by atoms with E-state index >= 15 is 0 Å². The molecule has 29 heavy (non-hydrogen) atoms. The van der Waals surface area contributed by atoms with Crippen LogP contribution in [-0.2, 0) is 6.54 Å². The van der Waals surface area contributed by atoms with Gasteiger partial charge in [-0.1, -0.05) is 42.0 Å². The molecule has 0 aliphatic rings. The first-order chi connectivity index (χ1) is 14.0. The zero-order valence-electron chi connectivity index (χ0n) is 17.0. The Labute approximate surface area is 171 Å². The summed E-state index contributed by atoms with van der Waals surface area (Å²) >= 11 is 0. The Morgan fingerprint density at radius 3 is 2.38 bits per heavy atom. The minimum Gasteiger partial charge on any atom is -0.347 e. The maximum Gasteiger partial charge on any atom is 0.270 e. The summed E-state index contributed by atoms with van der Waals surface area (Å²) in [6, 6.07) is 18.9. The van der Waals surface area contributed by atoms with Crippen molar-refractivity contribution in [3.63, 3.8) is 0 Å². The monoisotopic (exact) mass is 387 g/mol. The fourth-order valence-electron chi connectivity index (χ4n) is 3.18.